The second-order valence-corrected chi connectivity index (χ2v) is 3.43. The highest BCUT2D eigenvalue weighted by Gasteiger charge is 2.19. The first kappa shape index (κ1) is 7.59. The monoisotopic (exact) mass is 163 g/mol. The van der Waals surface area contributed by atoms with Gasteiger partial charge in [-0.05, 0) is 25.7 Å². The summed E-state index contributed by atoms with van der Waals surface area (Å²) < 4.78 is 5.27. The Hall–Kier alpha value is -1.05. The van der Waals surface area contributed by atoms with E-state index in [1.54, 1.807) is 0 Å². The van der Waals surface area contributed by atoms with E-state index in [9.17, 15) is 0 Å². The number of rotatable bonds is 1. The minimum absolute atomic E-state index is 0.581. The van der Waals surface area contributed by atoms with Crippen LogP contribution >= 0.6 is 0 Å². The molecule has 1 aliphatic rings. The summed E-state index contributed by atoms with van der Waals surface area (Å²) in [4.78, 5) is 3.93. The Morgan fingerprint density at radius 3 is 2.75 bits per heavy atom. The summed E-state index contributed by atoms with van der Waals surface area (Å²) in [7, 11) is 0. The van der Waals surface area contributed by atoms with Crippen LogP contribution < -0.4 is 0 Å². The molecular formula is C10H13NO. The molecule has 0 spiro atoms. The molecule has 1 fully saturated rings. The van der Waals surface area contributed by atoms with Crippen molar-refractivity contribution in [2.45, 2.75) is 31.6 Å². The Morgan fingerprint density at radius 1 is 1.42 bits per heavy atom. The highest BCUT2D eigenvalue weighted by molar-refractivity contribution is 5.07. The van der Waals surface area contributed by atoms with Gasteiger partial charge in [0.2, 0.25) is 0 Å². The Kier molecular flexibility index (Phi) is 1.98. The van der Waals surface area contributed by atoms with Crippen molar-refractivity contribution in [2.75, 3.05) is 0 Å². The van der Waals surface area contributed by atoms with Gasteiger partial charge in [0.25, 0.3) is 0 Å². The van der Waals surface area contributed by atoms with Gasteiger partial charge < -0.3 is 4.42 Å². The van der Waals surface area contributed by atoms with Crippen molar-refractivity contribution in [1.29, 1.82) is 0 Å². The fraction of sp³-hybridized carbons (Fsp3) is 0.500. The molecule has 12 heavy (non-hydrogen) atoms. The van der Waals surface area contributed by atoms with Crippen molar-refractivity contribution in [1.82, 2.24) is 4.98 Å². The Bertz CT molecular complexity index is 253. The molecule has 0 aliphatic heterocycles. The first-order valence-corrected chi connectivity index (χ1v) is 4.41. The van der Waals surface area contributed by atoms with Gasteiger partial charge in [0.05, 0.1) is 6.20 Å². The average molecular weight is 163 g/mol. The van der Waals surface area contributed by atoms with E-state index in [1.165, 1.54) is 24.8 Å². The SMILES string of the molecule is C=C1CCC(c2cnco2)CC1. The lowest BCUT2D eigenvalue weighted by Gasteiger charge is -2.20. The third-order valence-electron chi connectivity index (χ3n) is 2.55. The number of hydrogen-bond acceptors (Lipinski definition) is 2. The average Bonchev–Trinajstić information content (AvgIpc) is 2.58. The van der Waals surface area contributed by atoms with E-state index in [4.69, 9.17) is 4.42 Å². The Morgan fingerprint density at radius 2 is 2.17 bits per heavy atom. The van der Waals surface area contributed by atoms with Crippen LogP contribution in [0.1, 0.15) is 37.4 Å². The highest BCUT2D eigenvalue weighted by Crippen LogP contribution is 2.34. The summed E-state index contributed by atoms with van der Waals surface area (Å²) in [5, 5.41) is 0. The largest absolute Gasteiger partial charge is 0.448 e. The molecule has 0 saturated heterocycles. The molecule has 0 radical (unpaired) electrons. The van der Waals surface area contributed by atoms with Crippen molar-refractivity contribution in [2.24, 2.45) is 0 Å². The van der Waals surface area contributed by atoms with Crippen LogP contribution in [0.5, 0.6) is 0 Å². The molecule has 0 unspecified atom stereocenters. The summed E-state index contributed by atoms with van der Waals surface area (Å²) in [6.45, 7) is 3.98. The Labute approximate surface area is 72.3 Å². The van der Waals surface area contributed by atoms with E-state index in [0.29, 0.717) is 5.92 Å². The van der Waals surface area contributed by atoms with E-state index in [1.807, 2.05) is 6.20 Å². The lowest BCUT2D eigenvalue weighted by Crippen LogP contribution is -2.04. The van der Waals surface area contributed by atoms with Gasteiger partial charge in [0.15, 0.2) is 6.39 Å². The van der Waals surface area contributed by atoms with Crippen molar-refractivity contribution in [3.8, 4) is 0 Å². The fourth-order valence-electron chi connectivity index (χ4n) is 1.74. The predicted molar refractivity (Wildman–Crippen MR) is 46.9 cm³/mol. The predicted octanol–water partition coefficient (Wildman–Crippen LogP) is 2.89. The Balaban J connectivity index is 2.03. The molecule has 2 heteroatoms. The summed E-state index contributed by atoms with van der Waals surface area (Å²) in [5.74, 6) is 1.63. The number of allylic oxidation sites excluding steroid dienone is 1. The van der Waals surface area contributed by atoms with Crippen molar-refractivity contribution < 1.29 is 4.42 Å². The number of hydrogen-bond donors (Lipinski definition) is 0. The summed E-state index contributed by atoms with van der Waals surface area (Å²) >= 11 is 0. The van der Waals surface area contributed by atoms with Gasteiger partial charge in [-0.15, -0.1) is 0 Å². The van der Waals surface area contributed by atoms with Crippen LogP contribution in [-0.4, -0.2) is 4.98 Å². The minimum Gasteiger partial charge on any atom is -0.448 e. The second-order valence-electron chi connectivity index (χ2n) is 3.43. The van der Waals surface area contributed by atoms with Crippen molar-refractivity contribution in [3.63, 3.8) is 0 Å². The van der Waals surface area contributed by atoms with Crippen LogP contribution in [0.15, 0.2) is 29.2 Å². The molecule has 1 aliphatic carbocycles. The van der Waals surface area contributed by atoms with Gasteiger partial charge in [-0.3, -0.25) is 0 Å². The number of aromatic nitrogens is 1. The normalized spacial score (nSPS) is 19.8. The summed E-state index contributed by atoms with van der Waals surface area (Å²) in [6.07, 6.45) is 7.98. The second kappa shape index (κ2) is 3.13. The van der Waals surface area contributed by atoms with Crippen LogP contribution in [0.4, 0.5) is 0 Å². The minimum atomic E-state index is 0.581. The molecule has 0 N–H and O–H groups in total. The molecule has 1 saturated carbocycles. The maximum Gasteiger partial charge on any atom is 0.180 e. The maximum atomic E-state index is 5.27. The smallest absolute Gasteiger partial charge is 0.180 e. The van der Waals surface area contributed by atoms with Gasteiger partial charge in [-0.25, -0.2) is 4.98 Å². The van der Waals surface area contributed by atoms with Crippen LogP contribution in [0.3, 0.4) is 0 Å². The van der Waals surface area contributed by atoms with E-state index in [2.05, 4.69) is 11.6 Å². The van der Waals surface area contributed by atoms with Gasteiger partial charge in [-0.2, -0.15) is 0 Å². The van der Waals surface area contributed by atoms with Crippen LogP contribution in [0, 0.1) is 0 Å². The van der Waals surface area contributed by atoms with Gasteiger partial charge in [-0.1, -0.05) is 12.2 Å². The zero-order valence-electron chi connectivity index (χ0n) is 7.12. The zero-order chi connectivity index (χ0) is 8.39. The molecule has 0 bridgehead atoms. The van der Waals surface area contributed by atoms with E-state index < -0.39 is 0 Å². The molecular weight excluding hydrogens is 150 g/mol. The number of oxazole rings is 1. The number of nitrogens with zero attached hydrogens (tertiary/aromatic N) is 1. The van der Waals surface area contributed by atoms with E-state index in [-0.39, 0.29) is 0 Å². The van der Waals surface area contributed by atoms with Gasteiger partial charge in [0.1, 0.15) is 5.76 Å². The maximum absolute atomic E-state index is 5.27. The lowest BCUT2D eigenvalue weighted by molar-refractivity contribution is 0.408. The summed E-state index contributed by atoms with van der Waals surface area (Å²) in [6, 6.07) is 0. The fourth-order valence-corrected chi connectivity index (χ4v) is 1.74. The first-order valence-electron chi connectivity index (χ1n) is 4.41. The van der Waals surface area contributed by atoms with Gasteiger partial charge >= 0.3 is 0 Å². The molecule has 2 rings (SSSR count). The zero-order valence-corrected chi connectivity index (χ0v) is 7.12. The third-order valence-corrected chi connectivity index (χ3v) is 2.55. The van der Waals surface area contributed by atoms with Crippen LogP contribution in [0.25, 0.3) is 0 Å². The molecule has 1 heterocycles. The molecule has 1 aromatic heterocycles. The topological polar surface area (TPSA) is 26.0 Å². The van der Waals surface area contributed by atoms with Crippen molar-refractivity contribution >= 4 is 0 Å². The lowest BCUT2D eigenvalue weighted by atomic mass is 9.85. The summed E-state index contributed by atoms with van der Waals surface area (Å²) in [5.41, 5.74) is 1.38. The third kappa shape index (κ3) is 1.42. The molecule has 1 aromatic rings. The van der Waals surface area contributed by atoms with Crippen LogP contribution in [0.2, 0.25) is 0 Å². The molecule has 0 aromatic carbocycles. The first-order chi connectivity index (χ1) is 5.86. The van der Waals surface area contributed by atoms with E-state index in [0.717, 1.165) is 18.6 Å². The van der Waals surface area contributed by atoms with Gasteiger partial charge in [0, 0.05) is 5.92 Å². The highest BCUT2D eigenvalue weighted by atomic mass is 16.3. The standard InChI is InChI=1S/C10H13NO/c1-8-2-4-9(5-3-8)10-6-11-7-12-10/h6-7,9H,1-5H2. The molecule has 0 amide bonds. The van der Waals surface area contributed by atoms with E-state index >= 15 is 0 Å². The quantitative estimate of drug-likeness (QED) is 0.595. The van der Waals surface area contributed by atoms with Crippen LogP contribution in [-0.2, 0) is 0 Å². The molecule has 2 nitrogen and oxygen atoms in total. The molecule has 0 atom stereocenters. The van der Waals surface area contributed by atoms with Crippen molar-refractivity contribution in [3.05, 3.63) is 30.5 Å². The molecule has 64 valence electrons.